The highest BCUT2D eigenvalue weighted by Gasteiger charge is 2.09. The minimum atomic E-state index is 0.572. The summed E-state index contributed by atoms with van der Waals surface area (Å²) in [6, 6.07) is 0.572. The van der Waals surface area contributed by atoms with Crippen molar-refractivity contribution in [3.05, 3.63) is 12.2 Å². The van der Waals surface area contributed by atoms with Gasteiger partial charge in [-0.3, -0.25) is 0 Å². The molecule has 1 aromatic rings. The van der Waals surface area contributed by atoms with Crippen molar-refractivity contribution in [2.45, 2.75) is 53.1 Å². The summed E-state index contributed by atoms with van der Waals surface area (Å²) in [6.45, 7) is 10.8. The molecule has 0 aliphatic carbocycles. The van der Waals surface area contributed by atoms with E-state index in [2.05, 4.69) is 47.8 Å². The van der Waals surface area contributed by atoms with E-state index in [4.69, 9.17) is 0 Å². The van der Waals surface area contributed by atoms with Crippen molar-refractivity contribution in [1.82, 2.24) is 20.1 Å². The van der Waals surface area contributed by atoms with Gasteiger partial charge < -0.3 is 9.88 Å². The molecule has 1 aromatic heterocycles. The molecule has 2 unspecified atom stereocenters. The minimum absolute atomic E-state index is 0.572. The second kappa shape index (κ2) is 6.63. The summed E-state index contributed by atoms with van der Waals surface area (Å²) in [7, 11) is 0. The van der Waals surface area contributed by atoms with Gasteiger partial charge in [-0.15, -0.1) is 10.2 Å². The molecule has 4 heteroatoms. The zero-order valence-corrected chi connectivity index (χ0v) is 10.9. The summed E-state index contributed by atoms with van der Waals surface area (Å²) in [4.78, 5) is 0. The Bertz CT molecular complexity index is 295. The lowest BCUT2D eigenvalue weighted by Gasteiger charge is -2.19. The monoisotopic (exact) mass is 224 g/mol. The lowest BCUT2D eigenvalue weighted by molar-refractivity contribution is 0.391. The Labute approximate surface area is 98.5 Å². The van der Waals surface area contributed by atoms with Crippen molar-refractivity contribution in [3.63, 3.8) is 0 Å². The molecule has 0 fully saturated rings. The summed E-state index contributed by atoms with van der Waals surface area (Å²) in [5.41, 5.74) is 0. The van der Waals surface area contributed by atoms with Crippen molar-refractivity contribution in [2.24, 2.45) is 5.92 Å². The third-order valence-electron chi connectivity index (χ3n) is 3.35. The van der Waals surface area contributed by atoms with Crippen molar-refractivity contribution in [1.29, 1.82) is 0 Å². The first-order valence-electron chi connectivity index (χ1n) is 6.29. The maximum Gasteiger partial charge on any atom is 0.134 e. The van der Waals surface area contributed by atoms with E-state index in [0.29, 0.717) is 6.04 Å². The van der Waals surface area contributed by atoms with Crippen molar-refractivity contribution in [3.8, 4) is 0 Å². The van der Waals surface area contributed by atoms with Crippen LogP contribution < -0.4 is 5.32 Å². The molecule has 0 radical (unpaired) electrons. The normalized spacial score (nSPS) is 15.0. The van der Waals surface area contributed by atoms with Gasteiger partial charge in [0.25, 0.3) is 0 Å². The van der Waals surface area contributed by atoms with Gasteiger partial charge in [-0.25, -0.2) is 0 Å². The lowest BCUT2D eigenvalue weighted by Crippen LogP contribution is -2.33. The smallest absolute Gasteiger partial charge is 0.134 e. The average Bonchev–Trinajstić information content (AvgIpc) is 2.75. The van der Waals surface area contributed by atoms with Gasteiger partial charge >= 0.3 is 0 Å². The number of hydrogen-bond donors (Lipinski definition) is 1. The van der Waals surface area contributed by atoms with Gasteiger partial charge in [0.15, 0.2) is 0 Å². The van der Waals surface area contributed by atoms with Crippen LogP contribution in [-0.4, -0.2) is 27.4 Å². The molecule has 0 aliphatic rings. The van der Waals surface area contributed by atoms with Crippen LogP contribution in [0.5, 0.6) is 0 Å². The van der Waals surface area contributed by atoms with Crippen LogP contribution in [0.2, 0.25) is 0 Å². The van der Waals surface area contributed by atoms with E-state index in [1.165, 1.54) is 6.42 Å². The van der Waals surface area contributed by atoms with Gasteiger partial charge in [-0.2, -0.15) is 0 Å². The van der Waals surface area contributed by atoms with Gasteiger partial charge in [0.2, 0.25) is 0 Å². The maximum atomic E-state index is 4.12. The molecule has 4 nitrogen and oxygen atoms in total. The number of aryl methyl sites for hydroxylation is 1. The van der Waals surface area contributed by atoms with E-state index < -0.39 is 0 Å². The molecule has 0 spiro atoms. The second-order valence-corrected chi connectivity index (χ2v) is 4.41. The van der Waals surface area contributed by atoms with Crippen LogP contribution in [-0.2, 0) is 13.0 Å². The molecule has 92 valence electrons. The minimum Gasteiger partial charge on any atom is -0.318 e. The standard InChI is InChI=1S/C12H24N4/c1-5-10(3)11(4)13-8-7-12-15-14-9-16(12)6-2/h9-11,13H,5-8H2,1-4H3. The van der Waals surface area contributed by atoms with Gasteiger partial charge in [-0.1, -0.05) is 20.3 Å². The molecule has 0 aliphatic heterocycles. The fourth-order valence-corrected chi connectivity index (χ4v) is 1.70. The number of hydrogen-bond acceptors (Lipinski definition) is 3. The Morgan fingerprint density at radius 3 is 2.75 bits per heavy atom. The van der Waals surface area contributed by atoms with Crippen LogP contribution in [0, 0.1) is 5.92 Å². The van der Waals surface area contributed by atoms with Gasteiger partial charge in [0.1, 0.15) is 12.2 Å². The predicted molar refractivity (Wildman–Crippen MR) is 66.3 cm³/mol. The third kappa shape index (κ3) is 3.59. The van der Waals surface area contributed by atoms with E-state index >= 15 is 0 Å². The maximum absolute atomic E-state index is 4.12. The Hall–Kier alpha value is -0.900. The van der Waals surface area contributed by atoms with Crippen molar-refractivity contribution < 1.29 is 0 Å². The predicted octanol–water partition coefficient (Wildman–Crippen LogP) is 1.86. The fraction of sp³-hybridized carbons (Fsp3) is 0.833. The van der Waals surface area contributed by atoms with Gasteiger partial charge in [0, 0.05) is 25.6 Å². The molecular weight excluding hydrogens is 200 g/mol. The van der Waals surface area contributed by atoms with E-state index in [-0.39, 0.29) is 0 Å². The highest BCUT2D eigenvalue weighted by atomic mass is 15.3. The summed E-state index contributed by atoms with van der Waals surface area (Å²) in [5, 5.41) is 11.6. The molecule has 0 bridgehead atoms. The molecule has 1 heterocycles. The number of nitrogens with zero attached hydrogens (tertiary/aromatic N) is 3. The van der Waals surface area contributed by atoms with Crippen LogP contribution in [0.15, 0.2) is 6.33 Å². The molecule has 0 saturated carbocycles. The van der Waals surface area contributed by atoms with Crippen molar-refractivity contribution >= 4 is 0 Å². The molecule has 0 aromatic carbocycles. The first-order chi connectivity index (χ1) is 7.69. The van der Waals surface area contributed by atoms with Gasteiger partial charge in [-0.05, 0) is 19.8 Å². The Kier molecular flexibility index (Phi) is 5.46. The zero-order chi connectivity index (χ0) is 12.0. The molecule has 1 N–H and O–H groups in total. The highest BCUT2D eigenvalue weighted by molar-refractivity contribution is 4.86. The van der Waals surface area contributed by atoms with E-state index in [0.717, 1.165) is 31.3 Å². The van der Waals surface area contributed by atoms with Gasteiger partial charge in [0.05, 0.1) is 0 Å². The van der Waals surface area contributed by atoms with Crippen LogP contribution in [0.4, 0.5) is 0 Å². The summed E-state index contributed by atoms with van der Waals surface area (Å²) >= 11 is 0. The summed E-state index contributed by atoms with van der Waals surface area (Å²) in [5.74, 6) is 1.80. The molecule has 16 heavy (non-hydrogen) atoms. The Balaban J connectivity index is 2.30. The van der Waals surface area contributed by atoms with Crippen LogP contribution in [0.1, 0.15) is 39.9 Å². The van der Waals surface area contributed by atoms with Crippen LogP contribution in [0.3, 0.4) is 0 Å². The number of rotatable bonds is 7. The third-order valence-corrected chi connectivity index (χ3v) is 3.35. The molecule has 0 amide bonds. The number of aromatic nitrogens is 3. The first kappa shape index (κ1) is 13.2. The SMILES string of the molecule is CCC(C)C(C)NCCc1nncn1CC. The fourth-order valence-electron chi connectivity index (χ4n) is 1.70. The van der Waals surface area contributed by atoms with Crippen LogP contribution in [0.25, 0.3) is 0 Å². The molecular formula is C12H24N4. The largest absolute Gasteiger partial charge is 0.318 e. The van der Waals surface area contributed by atoms with E-state index in [1.54, 1.807) is 6.33 Å². The van der Waals surface area contributed by atoms with E-state index in [9.17, 15) is 0 Å². The molecule has 2 atom stereocenters. The molecule has 1 rings (SSSR count). The quantitative estimate of drug-likeness (QED) is 0.769. The molecule has 0 saturated heterocycles. The van der Waals surface area contributed by atoms with Crippen LogP contribution >= 0.6 is 0 Å². The van der Waals surface area contributed by atoms with E-state index in [1.807, 2.05) is 0 Å². The zero-order valence-electron chi connectivity index (χ0n) is 10.9. The first-order valence-corrected chi connectivity index (χ1v) is 6.29. The Morgan fingerprint density at radius 1 is 1.38 bits per heavy atom. The highest BCUT2D eigenvalue weighted by Crippen LogP contribution is 2.06. The topological polar surface area (TPSA) is 42.7 Å². The lowest BCUT2D eigenvalue weighted by atomic mass is 10.0. The second-order valence-electron chi connectivity index (χ2n) is 4.41. The summed E-state index contributed by atoms with van der Waals surface area (Å²) < 4.78 is 2.09. The number of nitrogens with one attached hydrogen (secondary N) is 1. The summed E-state index contributed by atoms with van der Waals surface area (Å²) in [6.07, 6.45) is 3.97. The average molecular weight is 224 g/mol. The van der Waals surface area contributed by atoms with Crippen molar-refractivity contribution in [2.75, 3.05) is 6.54 Å². The Morgan fingerprint density at radius 2 is 2.12 bits per heavy atom.